The molecule has 0 radical (unpaired) electrons. The fourth-order valence-corrected chi connectivity index (χ4v) is 5.97. The lowest BCUT2D eigenvalue weighted by molar-refractivity contribution is 0.0899. The number of aromatic nitrogens is 2. The van der Waals surface area contributed by atoms with Crippen molar-refractivity contribution in [1.29, 1.82) is 0 Å². The summed E-state index contributed by atoms with van der Waals surface area (Å²) in [5.41, 5.74) is 11.4. The Labute approximate surface area is 143 Å². The number of aromatic amines is 1. The fourth-order valence-electron chi connectivity index (χ4n) is 5.97. The van der Waals surface area contributed by atoms with E-state index < -0.39 is 5.60 Å². The van der Waals surface area contributed by atoms with Crippen molar-refractivity contribution in [3.8, 4) is 0 Å². The maximum absolute atomic E-state index is 10.8. The monoisotopic (exact) mass is 322 g/mol. The number of nitrogens with one attached hydrogen (secondary N) is 1. The Morgan fingerprint density at radius 2 is 2.00 bits per heavy atom. The van der Waals surface area contributed by atoms with Gasteiger partial charge in [0.15, 0.2) is 0 Å². The predicted molar refractivity (Wildman–Crippen MR) is 94.7 cm³/mol. The summed E-state index contributed by atoms with van der Waals surface area (Å²) in [6.07, 6.45) is 8.45. The highest BCUT2D eigenvalue weighted by atomic mass is 16.3. The van der Waals surface area contributed by atoms with Gasteiger partial charge in [0.25, 0.3) is 0 Å². The van der Waals surface area contributed by atoms with Gasteiger partial charge < -0.3 is 5.11 Å². The molecule has 1 aromatic heterocycles. The fraction of sp³-hybridized carbons (Fsp3) is 0.571. The van der Waals surface area contributed by atoms with Gasteiger partial charge in [0.05, 0.1) is 11.8 Å². The Morgan fingerprint density at radius 3 is 2.83 bits per heavy atom. The molecule has 0 spiro atoms. The Hall–Kier alpha value is -1.61. The first-order chi connectivity index (χ1) is 11.5. The SMILES string of the molecule is C[C@@H]1C2=C(CCC3=C2C[C@H](C)C2=C3CCC2(C)O)Cc2[nH]ncc21. The third-order valence-electron chi connectivity index (χ3n) is 6.92. The van der Waals surface area contributed by atoms with Crippen LogP contribution in [0.4, 0.5) is 0 Å². The molecule has 1 aromatic rings. The normalized spacial score (nSPS) is 35.0. The van der Waals surface area contributed by atoms with Crippen LogP contribution in [0.1, 0.15) is 70.1 Å². The quantitative estimate of drug-likeness (QED) is 0.746. The molecule has 1 heterocycles. The Balaban J connectivity index is 1.67. The molecule has 0 aliphatic heterocycles. The second kappa shape index (κ2) is 4.72. The van der Waals surface area contributed by atoms with Crippen molar-refractivity contribution in [2.24, 2.45) is 5.92 Å². The lowest BCUT2D eigenvalue weighted by Crippen LogP contribution is -2.30. The van der Waals surface area contributed by atoms with Crippen LogP contribution in [0, 0.1) is 5.92 Å². The van der Waals surface area contributed by atoms with Crippen LogP contribution in [0.5, 0.6) is 0 Å². The van der Waals surface area contributed by atoms with Crippen LogP contribution in [0.3, 0.4) is 0 Å². The summed E-state index contributed by atoms with van der Waals surface area (Å²) in [4.78, 5) is 0. The number of H-pyrrole nitrogens is 1. The molecular weight excluding hydrogens is 296 g/mol. The van der Waals surface area contributed by atoms with E-state index in [4.69, 9.17) is 0 Å². The highest BCUT2D eigenvalue weighted by Gasteiger charge is 2.44. The molecule has 4 aliphatic carbocycles. The van der Waals surface area contributed by atoms with E-state index in [1.165, 1.54) is 28.8 Å². The highest BCUT2D eigenvalue weighted by molar-refractivity contribution is 5.61. The van der Waals surface area contributed by atoms with Crippen molar-refractivity contribution >= 4 is 0 Å². The molecule has 0 aromatic carbocycles. The van der Waals surface area contributed by atoms with Crippen LogP contribution in [-0.4, -0.2) is 20.9 Å². The van der Waals surface area contributed by atoms with Gasteiger partial charge in [-0.3, -0.25) is 5.10 Å². The number of hydrogen-bond acceptors (Lipinski definition) is 2. The van der Waals surface area contributed by atoms with Gasteiger partial charge in [-0.1, -0.05) is 19.4 Å². The Kier molecular flexibility index (Phi) is 2.90. The average Bonchev–Trinajstić information content (AvgIpc) is 3.12. The second-order valence-corrected chi connectivity index (χ2v) is 8.45. The van der Waals surface area contributed by atoms with Crippen molar-refractivity contribution in [2.75, 3.05) is 0 Å². The molecule has 24 heavy (non-hydrogen) atoms. The summed E-state index contributed by atoms with van der Waals surface area (Å²) in [7, 11) is 0. The number of aliphatic hydroxyl groups is 1. The van der Waals surface area contributed by atoms with Crippen LogP contribution < -0.4 is 0 Å². The van der Waals surface area contributed by atoms with Crippen LogP contribution in [-0.2, 0) is 6.42 Å². The maximum Gasteiger partial charge on any atom is 0.0840 e. The minimum atomic E-state index is -0.585. The van der Waals surface area contributed by atoms with E-state index in [0.717, 1.165) is 32.1 Å². The van der Waals surface area contributed by atoms with Crippen molar-refractivity contribution in [2.45, 2.75) is 70.8 Å². The molecule has 5 rings (SSSR count). The van der Waals surface area contributed by atoms with E-state index in [1.807, 2.05) is 13.1 Å². The second-order valence-electron chi connectivity index (χ2n) is 8.45. The molecule has 2 N–H and O–H groups in total. The number of nitrogens with zero attached hydrogens (tertiary/aromatic N) is 1. The van der Waals surface area contributed by atoms with Crippen LogP contribution in [0.15, 0.2) is 39.6 Å². The first kappa shape index (κ1) is 14.7. The first-order valence-electron chi connectivity index (χ1n) is 9.40. The van der Waals surface area contributed by atoms with Crippen LogP contribution >= 0.6 is 0 Å². The van der Waals surface area contributed by atoms with Gasteiger partial charge in [0.2, 0.25) is 0 Å². The van der Waals surface area contributed by atoms with E-state index in [0.29, 0.717) is 11.8 Å². The van der Waals surface area contributed by atoms with Gasteiger partial charge in [0.1, 0.15) is 0 Å². The molecule has 0 fully saturated rings. The predicted octanol–water partition coefficient (Wildman–Crippen LogP) is 4.34. The molecular formula is C21H26N2O. The maximum atomic E-state index is 10.8. The van der Waals surface area contributed by atoms with Gasteiger partial charge in [-0.25, -0.2) is 0 Å². The lowest BCUT2D eigenvalue weighted by atomic mass is 9.66. The summed E-state index contributed by atoms with van der Waals surface area (Å²) < 4.78 is 0. The zero-order valence-corrected chi connectivity index (χ0v) is 14.9. The summed E-state index contributed by atoms with van der Waals surface area (Å²) in [6.45, 7) is 6.68. The van der Waals surface area contributed by atoms with E-state index in [-0.39, 0.29) is 0 Å². The van der Waals surface area contributed by atoms with Crippen molar-refractivity contribution in [1.82, 2.24) is 10.2 Å². The van der Waals surface area contributed by atoms with Crippen molar-refractivity contribution in [3.63, 3.8) is 0 Å². The molecule has 126 valence electrons. The smallest absolute Gasteiger partial charge is 0.0840 e. The van der Waals surface area contributed by atoms with Gasteiger partial charge in [0, 0.05) is 23.6 Å². The average molecular weight is 322 g/mol. The van der Waals surface area contributed by atoms with E-state index >= 15 is 0 Å². The number of rotatable bonds is 0. The molecule has 0 saturated carbocycles. The third kappa shape index (κ3) is 1.79. The molecule has 0 saturated heterocycles. The van der Waals surface area contributed by atoms with Gasteiger partial charge in [-0.15, -0.1) is 0 Å². The van der Waals surface area contributed by atoms with E-state index in [9.17, 15) is 5.11 Å². The number of hydrogen-bond donors (Lipinski definition) is 2. The lowest BCUT2D eigenvalue weighted by Gasteiger charge is -2.39. The number of fused-ring (bicyclic) bond motifs is 3. The molecule has 1 unspecified atom stereocenters. The van der Waals surface area contributed by atoms with Crippen LogP contribution in [0.25, 0.3) is 0 Å². The Bertz CT molecular complexity index is 834. The van der Waals surface area contributed by atoms with E-state index in [2.05, 4.69) is 24.0 Å². The largest absolute Gasteiger partial charge is 0.386 e. The Morgan fingerprint density at radius 1 is 1.17 bits per heavy atom. The molecule has 0 amide bonds. The van der Waals surface area contributed by atoms with Crippen molar-refractivity contribution in [3.05, 3.63) is 50.9 Å². The molecule has 4 aliphatic rings. The topological polar surface area (TPSA) is 48.9 Å². The summed E-state index contributed by atoms with van der Waals surface area (Å²) >= 11 is 0. The highest BCUT2D eigenvalue weighted by Crippen LogP contribution is 2.55. The summed E-state index contributed by atoms with van der Waals surface area (Å²) in [5.74, 6) is 0.908. The minimum Gasteiger partial charge on any atom is -0.386 e. The van der Waals surface area contributed by atoms with Crippen molar-refractivity contribution < 1.29 is 5.11 Å². The van der Waals surface area contributed by atoms with Crippen LogP contribution in [0.2, 0.25) is 0 Å². The summed E-state index contributed by atoms with van der Waals surface area (Å²) in [6, 6.07) is 0. The molecule has 3 heteroatoms. The minimum absolute atomic E-state index is 0.448. The molecule has 3 atom stereocenters. The van der Waals surface area contributed by atoms with E-state index in [1.54, 1.807) is 22.3 Å². The van der Waals surface area contributed by atoms with Gasteiger partial charge >= 0.3 is 0 Å². The molecule has 0 bridgehead atoms. The van der Waals surface area contributed by atoms with Gasteiger partial charge in [-0.05, 0) is 72.8 Å². The zero-order valence-electron chi connectivity index (χ0n) is 14.9. The number of allylic oxidation sites excluding steroid dienone is 5. The zero-order chi connectivity index (χ0) is 16.6. The first-order valence-corrected chi connectivity index (χ1v) is 9.40. The van der Waals surface area contributed by atoms with Gasteiger partial charge in [-0.2, -0.15) is 5.10 Å². The third-order valence-corrected chi connectivity index (χ3v) is 6.92. The standard InChI is InChI=1S/C21H26N2O/c1-11-8-16-14(15-6-7-21(3,24)20(11)15)5-4-13-9-18-17(10-22-23-18)12(2)19(13)16/h10-12,24H,4-9H2,1-3H3,(H,22,23)/t11-,12-,21?/m0/s1. The molecule has 3 nitrogen and oxygen atoms in total. The summed E-state index contributed by atoms with van der Waals surface area (Å²) in [5, 5.41) is 18.3.